The Bertz CT molecular complexity index is 561. The lowest BCUT2D eigenvalue weighted by Crippen LogP contribution is -2.28. The van der Waals surface area contributed by atoms with E-state index in [1.165, 1.54) is 0 Å². The monoisotopic (exact) mass is 289 g/mol. The molecular formula is C16H23N3O2. The molecule has 21 heavy (non-hydrogen) atoms. The molecule has 0 amide bonds. The molecule has 0 saturated carbocycles. The first-order valence-electron chi connectivity index (χ1n) is 7.46. The van der Waals surface area contributed by atoms with E-state index in [2.05, 4.69) is 21.8 Å². The number of esters is 1. The third kappa shape index (κ3) is 3.82. The van der Waals surface area contributed by atoms with Crippen LogP contribution < -0.4 is 0 Å². The Kier molecular flexibility index (Phi) is 5.33. The van der Waals surface area contributed by atoms with E-state index in [4.69, 9.17) is 4.74 Å². The molecule has 1 aromatic heterocycles. The first-order chi connectivity index (χ1) is 10.2. The smallest absolute Gasteiger partial charge is 0.307 e. The second-order valence-electron chi connectivity index (χ2n) is 5.10. The number of nitrogens with zero attached hydrogens (tertiary/aromatic N) is 2. The summed E-state index contributed by atoms with van der Waals surface area (Å²) in [5.41, 5.74) is 2.02. The van der Waals surface area contributed by atoms with Gasteiger partial charge in [0.25, 0.3) is 0 Å². The number of rotatable bonds is 7. The number of H-pyrrole nitrogens is 1. The number of hydrogen-bond acceptors (Lipinski definition) is 4. The summed E-state index contributed by atoms with van der Waals surface area (Å²) in [4.78, 5) is 21.6. The van der Waals surface area contributed by atoms with E-state index in [1.54, 1.807) is 0 Å². The molecule has 0 aliphatic carbocycles. The van der Waals surface area contributed by atoms with Gasteiger partial charge in [-0.05, 0) is 32.5 Å². The SMILES string of the molecule is CCOC(=O)CCN(C)C(CC)c1nc2ccccc2[nH]1. The molecule has 0 bridgehead atoms. The molecule has 0 radical (unpaired) electrons. The summed E-state index contributed by atoms with van der Waals surface area (Å²) in [7, 11) is 2.01. The molecule has 2 aromatic rings. The van der Waals surface area contributed by atoms with E-state index in [1.807, 2.05) is 38.2 Å². The molecule has 0 aliphatic rings. The van der Waals surface area contributed by atoms with Crippen LogP contribution in [0.15, 0.2) is 24.3 Å². The van der Waals surface area contributed by atoms with Crippen molar-refractivity contribution >= 4 is 17.0 Å². The summed E-state index contributed by atoms with van der Waals surface area (Å²) in [5.74, 6) is 0.800. The van der Waals surface area contributed by atoms with Crippen LogP contribution in [0.2, 0.25) is 0 Å². The van der Waals surface area contributed by atoms with E-state index in [-0.39, 0.29) is 12.0 Å². The van der Waals surface area contributed by atoms with Gasteiger partial charge in [0.2, 0.25) is 0 Å². The second kappa shape index (κ2) is 7.22. The van der Waals surface area contributed by atoms with Crippen molar-refractivity contribution < 1.29 is 9.53 Å². The van der Waals surface area contributed by atoms with Gasteiger partial charge in [0.15, 0.2) is 0 Å². The summed E-state index contributed by atoms with van der Waals surface area (Å²) >= 11 is 0. The van der Waals surface area contributed by atoms with Crippen LogP contribution in [0.3, 0.4) is 0 Å². The Labute approximate surface area is 125 Å². The maximum Gasteiger partial charge on any atom is 0.307 e. The lowest BCUT2D eigenvalue weighted by Gasteiger charge is -2.25. The molecule has 0 aliphatic heterocycles. The molecule has 1 heterocycles. The molecule has 1 unspecified atom stereocenters. The molecule has 0 fully saturated rings. The van der Waals surface area contributed by atoms with Crippen LogP contribution in [0.25, 0.3) is 11.0 Å². The van der Waals surface area contributed by atoms with Crippen molar-refractivity contribution in [1.82, 2.24) is 14.9 Å². The first-order valence-corrected chi connectivity index (χ1v) is 7.46. The second-order valence-corrected chi connectivity index (χ2v) is 5.10. The van der Waals surface area contributed by atoms with Crippen molar-refractivity contribution in [2.75, 3.05) is 20.2 Å². The zero-order valence-electron chi connectivity index (χ0n) is 12.9. The number of para-hydroxylation sites is 2. The molecule has 1 atom stereocenters. The molecule has 0 saturated heterocycles. The highest BCUT2D eigenvalue weighted by molar-refractivity contribution is 5.74. The number of imidazole rings is 1. The van der Waals surface area contributed by atoms with Gasteiger partial charge in [-0.2, -0.15) is 0 Å². The van der Waals surface area contributed by atoms with Crippen molar-refractivity contribution in [3.63, 3.8) is 0 Å². The predicted octanol–water partition coefficient (Wildman–Crippen LogP) is 2.90. The molecule has 0 spiro atoms. The number of fused-ring (bicyclic) bond motifs is 1. The van der Waals surface area contributed by atoms with Gasteiger partial charge in [0.1, 0.15) is 5.82 Å². The molecule has 5 nitrogen and oxygen atoms in total. The number of carbonyl (C=O) groups excluding carboxylic acids is 1. The highest BCUT2D eigenvalue weighted by Gasteiger charge is 2.19. The molecular weight excluding hydrogens is 266 g/mol. The molecule has 114 valence electrons. The maximum atomic E-state index is 11.5. The van der Waals surface area contributed by atoms with Gasteiger partial charge in [-0.3, -0.25) is 9.69 Å². The zero-order chi connectivity index (χ0) is 15.2. The number of ether oxygens (including phenoxy) is 1. The van der Waals surface area contributed by atoms with Crippen LogP contribution in [0.1, 0.15) is 38.6 Å². The van der Waals surface area contributed by atoms with Crippen LogP contribution >= 0.6 is 0 Å². The van der Waals surface area contributed by atoms with Gasteiger partial charge in [0.05, 0.1) is 30.1 Å². The molecule has 1 N–H and O–H groups in total. The molecule has 5 heteroatoms. The van der Waals surface area contributed by atoms with Crippen molar-refractivity contribution in [2.24, 2.45) is 0 Å². The number of aromatic nitrogens is 2. The summed E-state index contributed by atoms with van der Waals surface area (Å²) in [6.07, 6.45) is 1.33. The number of hydrogen-bond donors (Lipinski definition) is 1. The Balaban J connectivity index is 2.05. The fourth-order valence-electron chi connectivity index (χ4n) is 2.50. The van der Waals surface area contributed by atoms with Crippen molar-refractivity contribution in [3.05, 3.63) is 30.1 Å². The lowest BCUT2D eigenvalue weighted by molar-refractivity contribution is -0.143. The van der Waals surface area contributed by atoms with E-state index in [0.717, 1.165) is 23.3 Å². The standard InChI is InChI=1S/C16H23N3O2/c1-4-14(19(3)11-10-15(20)21-5-2)16-17-12-8-6-7-9-13(12)18-16/h6-9,14H,4-5,10-11H2,1-3H3,(H,17,18). The van der Waals surface area contributed by atoms with Gasteiger partial charge in [-0.1, -0.05) is 19.1 Å². The average molecular weight is 289 g/mol. The predicted molar refractivity (Wildman–Crippen MR) is 83.0 cm³/mol. The summed E-state index contributed by atoms with van der Waals surface area (Å²) in [5, 5.41) is 0. The van der Waals surface area contributed by atoms with Gasteiger partial charge < -0.3 is 9.72 Å². The average Bonchev–Trinajstić information content (AvgIpc) is 2.89. The van der Waals surface area contributed by atoms with Crippen LogP contribution in [0.5, 0.6) is 0 Å². The van der Waals surface area contributed by atoms with Crippen LogP contribution in [-0.2, 0) is 9.53 Å². The summed E-state index contributed by atoms with van der Waals surface area (Å²) in [6, 6.07) is 8.18. The lowest BCUT2D eigenvalue weighted by atomic mass is 10.2. The van der Waals surface area contributed by atoms with Gasteiger partial charge in [0, 0.05) is 6.54 Å². The highest BCUT2D eigenvalue weighted by atomic mass is 16.5. The minimum Gasteiger partial charge on any atom is -0.466 e. The van der Waals surface area contributed by atoms with Crippen LogP contribution in [0, 0.1) is 0 Å². The molecule has 2 rings (SSSR count). The number of carbonyl (C=O) groups is 1. The number of benzene rings is 1. The third-order valence-corrected chi connectivity index (χ3v) is 3.62. The highest BCUT2D eigenvalue weighted by Crippen LogP contribution is 2.23. The van der Waals surface area contributed by atoms with E-state index in [9.17, 15) is 4.79 Å². The van der Waals surface area contributed by atoms with Crippen molar-refractivity contribution in [2.45, 2.75) is 32.7 Å². The van der Waals surface area contributed by atoms with E-state index >= 15 is 0 Å². The zero-order valence-corrected chi connectivity index (χ0v) is 12.9. The number of nitrogens with one attached hydrogen (secondary N) is 1. The fourth-order valence-corrected chi connectivity index (χ4v) is 2.50. The van der Waals surface area contributed by atoms with Crippen LogP contribution in [-0.4, -0.2) is 41.0 Å². The minimum absolute atomic E-state index is 0.149. The quantitative estimate of drug-likeness (QED) is 0.796. The van der Waals surface area contributed by atoms with Crippen molar-refractivity contribution in [3.8, 4) is 0 Å². The Morgan fingerprint density at radius 3 is 2.81 bits per heavy atom. The Morgan fingerprint density at radius 1 is 1.38 bits per heavy atom. The Hall–Kier alpha value is -1.88. The maximum absolute atomic E-state index is 11.5. The van der Waals surface area contributed by atoms with Gasteiger partial charge >= 0.3 is 5.97 Å². The topological polar surface area (TPSA) is 58.2 Å². The fraction of sp³-hybridized carbons (Fsp3) is 0.500. The van der Waals surface area contributed by atoms with Gasteiger partial charge in [-0.15, -0.1) is 0 Å². The third-order valence-electron chi connectivity index (χ3n) is 3.62. The number of aromatic amines is 1. The van der Waals surface area contributed by atoms with Crippen molar-refractivity contribution in [1.29, 1.82) is 0 Å². The largest absolute Gasteiger partial charge is 0.466 e. The van der Waals surface area contributed by atoms with Crippen LogP contribution in [0.4, 0.5) is 0 Å². The summed E-state index contributed by atoms with van der Waals surface area (Å²) < 4.78 is 4.97. The molecule has 1 aromatic carbocycles. The Morgan fingerprint density at radius 2 is 2.14 bits per heavy atom. The summed E-state index contributed by atoms with van der Waals surface area (Å²) in [6.45, 7) is 5.04. The van der Waals surface area contributed by atoms with E-state index < -0.39 is 0 Å². The van der Waals surface area contributed by atoms with E-state index in [0.29, 0.717) is 19.6 Å². The first kappa shape index (κ1) is 15.5. The minimum atomic E-state index is -0.149. The normalized spacial score (nSPS) is 12.8. The van der Waals surface area contributed by atoms with Gasteiger partial charge in [-0.25, -0.2) is 4.98 Å².